The normalized spacial score (nSPS) is 10.6. The molecular weight excluding hydrogens is 218 g/mol. The molecule has 0 fully saturated rings. The largest absolute Gasteiger partial charge is 0.385 e. The van der Waals surface area contributed by atoms with Crippen LogP contribution in [0.3, 0.4) is 0 Å². The zero-order valence-corrected chi connectivity index (χ0v) is 10.1. The van der Waals surface area contributed by atoms with Crippen LogP contribution in [0.5, 0.6) is 0 Å². The third kappa shape index (κ3) is 2.85. The van der Waals surface area contributed by atoms with Crippen molar-refractivity contribution in [3.63, 3.8) is 0 Å². The molecule has 0 amide bonds. The summed E-state index contributed by atoms with van der Waals surface area (Å²) < 4.78 is 0. The highest BCUT2D eigenvalue weighted by Gasteiger charge is 1.97. The van der Waals surface area contributed by atoms with Crippen molar-refractivity contribution in [3.8, 4) is 0 Å². The van der Waals surface area contributed by atoms with E-state index in [9.17, 15) is 0 Å². The lowest BCUT2D eigenvalue weighted by atomic mass is 10.2. The molecule has 2 aromatic rings. The number of hydrogen-bond donors (Lipinski definition) is 1. The number of aromatic nitrogens is 2. The van der Waals surface area contributed by atoms with Crippen molar-refractivity contribution in [2.45, 2.75) is 6.42 Å². The van der Waals surface area contributed by atoms with Crippen LogP contribution >= 0.6 is 11.8 Å². The van der Waals surface area contributed by atoms with E-state index in [4.69, 9.17) is 0 Å². The highest BCUT2D eigenvalue weighted by Crippen LogP contribution is 2.14. The highest BCUT2D eigenvalue weighted by atomic mass is 32.2. The van der Waals surface area contributed by atoms with E-state index >= 15 is 0 Å². The van der Waals surface area contributed by atoms with E-state index in [1.165, 1.54) is 12.2 Å². The fourth-order valence-corrected chi connectivity index (χ4v) is 1.96. The molecule has 16 heavy (non-hydrogen) atoms. The summed E-state index contributed by atoms with van der Waals surface area (Å²) in [5.74, 6) is 1.19. The first-order valence-corrected chi connectivity index (χ1v) is 6.73. The smallest absolute Gasteiger partial charge is 0.0907 e. The van der Waals surface area contributed by atoms with Crippen LogP contribution in [0.15, 0.2) is 30.6 Å². The van der Waals surface area contributed by atoms with Crippen LogP contribution in [0.4, 0.5) is 5.69 Å². The van der Waals surface area contributed by atoms with Gasteiger partial charge in [-0.1, -0.05) is 0 Å². The molecule has 0 radical (unpaired) electrons. The molecular formula is C12H15N3S. The quantitative estimate of drug-likeness (QED) is 0.806. The minimum Gasteiger partial charge on any atom is -0.385 e. The first kappa shape index (κ1) is 11.2. The number of fused-ring (bicyclic) bond motifs is 1. The Morgan fingerprint density at radius 1 is 1.19 bits per heavy atom. The number of nitrogens with zero attached hydrogens (tertiary/aromatic N) is 2. The van der Waals surface area contributed by atoms with Crippen molar-refractivity contribution in [2.24, 2.45) is 0 Å². The van der Waals surface area contributed by atoms with Crippen LogP contribution in [0.2, 0.25) is 0 Å². The van der Waals surface area contributed by atoms with Crippen LogP contribution in [0.1, 0.15) is 6.42 Å². The number of benzene rings is 1. The van der Waals surface area contributed by atoms with Crippen LogP contribution < -0.4 is 5.32 Å². The van der Waals surface area contributed by atoms with Gasteiger partial charge in [0, 0.05) is 24.6 Å². The van der Waals surface area contributed by atoms with Crippen LogP contribution in [0, 0.1) is 0 Å². The second-order valence-corrected chi connectivity index (χ2v) is 4.52. The summed E-state index contributed by atoms with van der Waals surface area (Å²) in [5, 5.41) is 3.39. The van der Waals surface area contributed by atoms with Gasteiger partial charge in [-0.25, -0.2) is 0 Å². The van der Waals surface area contributed by atoms with Gasteiger partial charge in [-0.15, -0.1) is 0 Å². The third-order valence-electron chi connectivity index (χ3n) is 2.32. The van der Waals surface area contributed by atoms with E-state index in [0.717, 1.165) is 23.3 Å². The molecule has 0 saturated heterocycles. The highest BCUT2D eigenvalue weighted by molar-refractivity contribution is 7.98. The minimum absolute atomic E-state index is 0.942. The molecule has 0 saturated carbocycles. The number of nitrogens with one attached hydrogen (secondary N) is 1. The van der Waals surface area contributed by atoms with E-state index in [-0.39, 0.29) is 0 Å². The Hall–Kier alpha value is -1.29. The Kier molecular flexibility index (Phi) is 3.99. The molecule has 1 heterocycles. The Morgan fingerprint density at radius 3 is 2.81 bits per heavy atom. The molecule has 1 aromatic carbocycles. The summed E-state index contributed by atoms with van der Waals surface area (Å²) in [5.41, 5.74) is 3.00. The Balaban J connectivity index is 2.02. The average Bonchev–Trinajstić information content (AvgIpc) is 2.34. The summed E-state index contributed by atoms with van der Waals surface area (Å²) in [6.07, 6.45) is 6.75. The van der Waals surface area contributed by atoms with Crippen LogP contribution in [0.25, 0.3) is 11.0 Å². The van der Waals surface area contributed by atoms with Gasteiger partial charge in [0.15, 0.2) is 0 Å². The van der Waals surface area contributed by atoms with E-state index in [1.54, 1.807) is 12.4 Å². The van der Waals surface area contributed by atoms with Gasteiger partial charge in [0.25, 0.3) is 0 Å². The molecule has 0 aliphatic carbocycles. The fourth-order valence-electron chi connectivity index (χ4n) is 1.52. The zero-order valence-electron chi connectivity index (χ0n) is 9.31. The Bertz CT molecular complexity index is 459. The van der Waals surface area contributed by atoms with Crippen LogP contribution in [-0.2, 0) is 0 Å². The van der Waals surface area contributed by atoms with Gasteiger partial charge in [-0.2, -0.15) is 11.8 Å². The predicted octanol–water partition coefficient (Wildman–Crippen LogP) is 2.79. The second-order valence-electron chi connectivity index (χ2n) is 3.53. The van der Waals surface area contributed by atoms with E-state index in [1.807, 2.05) is 23.9 Å². The zero-order chi connectivity index (χ0) is 11.2. The lowest BCUT2D eigenvalue weighted by molar-refractivity contribution is 0.993. The molecule has 3 nitrogen and oxygen atoms in total. The fraction of sp³-hybridized carbons (Fsp3) is 0.333. The number of hydrogen-bond acceptors (Lipinski definition) is 4. The summed E-state index contributed by atoms with van der Waals surface area (Å²) in [4.78, 5) is 8.52. The van der Waals surface area contributed by atoms with E-state index in [2.05, 4.69) is 27.6 Å². The maximum atomic E-state index is 4.28. The SMILES string of the molecule is CSCCCNc1ccc2nccnc2c1. The van der Waals surface area contributed by atoms with Crippen LogP contribution in [-0.4, -0.2) is 28.5 Å². The lowest BCUT2D eigenvalue weighted by Crippen LogP contribution is -2.02. The third-order valence-corrected chi connectivity index (χ3v) is 3.02. The first-order chi connectivity index (χ1) is 7.90. The summed E-state index contributed by atoms with van der Waals surface area (Å²) in [6.45, 7) is 1.01. The van der Waals surface area contributed by atoms with E-state index < -0.39 is 0 Å². The van der Waals surface area contributed by atoms with Crippen molar-refractivity contribution in [3.05, 3.63) is 30.6 Å². The monoisotopic (exact) mass is 233 g/mol. The van der Waals surface area contributed by atoms with Gasteiger partial charge >= 0.3 is 0 Å². The number of thioether (sulfide) groups is 1. The van der Waals surface area contributed by atoms with E-state index in [0.29, 0.717) is 0 Å². The molecule has 0 bridgehead atoms. The lowest BCUT2D eigenvalue weighted by Gasteiger charge is -2.06. The number of rotatable bonds is 5. The molecule has 0 unspecified atom stereocenters. The molecule has 84 valence electrons. The summed E-state index contributed by atoms with van der Waals surface area (Å²) >= 11 is 1.88. The Morgan fingerprint density at radius 2 is 2.00 bits per heavy atom. The molecule has 0 aliphatic heterocycles. The van der Waals surface area contributed by atoms with Gasteiger partial charge in [-0.05, 0) is 36.6 Å². The molecule has 1 aromatic heterocycles. The standard InChI is InChI=1S/C12H15N3S/c1-16-8-2-5-13-10-3-4-11-12(9-10)15-7-6-14-11/h3-4,6-7,9,13H,2,5,8H2,1H3. The topological polar surface area (TPSA) is 37.8 Å². The summed E-state index contributed by atoms with van der Waals surface area (Å²) in [7, 11) is 0. The average molecular weight is 233 g/mol. The van der Waals surface area contributed by atoms with Crippen molar-refractivity contribution in [1.29, 1.82) is 0 Å². The molecule has 0 aliphatic rings. The van der Waals surface area contributed by atoms with Crippen molar-refractivity contribution in [1.82, 2.24) is 9.97 Å². The van der Waals surface area contributed by atoms with Gasteiger partial charge in [0.05, 0.1) is 11.0 Å². The van der Waals surface area contributed by atoms with Gasteiger partial charge in [0.1, 0.15) is 0 Å². The van der Waals surface area contributed by atoms with Crippen molar-refractivity contribution in [2.75, 3.05) is 23.9 Å². The second kappa shape index (κ2) is 5.70. The number of anilines is 1. The molecule has 4 heteroatoms. The van der Waals surface area contributed by atoms with Gasteiger partial charge in [-0.3, -0.25) is 9.97 Å². The van der Waals surface area contributed by atoms with Crippen molar-refractivity contribution < 1.29 is 0 Å². The molecule has 1 N–H and O–H groups in total. The minimum atomic E-state index is 0.942. The molecule has 0 spiro atoms. The maximum Gasteiger partial charge on any atom is 0.0907 e. The first-order valence-electron chi connectivity index (χ1n) is 5.34. The van der Waals surface area contributed by atoms with Gasteiger partial charge in [0.2, 0.25) is 0 Å². The summed E-state index contributed by atoms with van der Waals surface area (Å²) in [6, 6.07) is 6.09. The van der Waals surface area contributed by atoms with Gasteiger partial charge < -0.3 is 5.32 Å². The molecule has 2 rings (SSSR count). The predicted molar refractivity (Wildman–Crippen MR) is 71.0 cm³/mol. The molecule has 0 atom stereocenters. The maximum absolute atomic E-state index is 4.28. The Labute approximate surface area is 99.7 Å². The van der Waals surface area contributed by atoms with Crippen molar-refractivity contribution >= 4 is 28.5 Å².